The van der Waals surface area contributed by atoms with Crippen molar-refractivity contribution in [1.82, 2.24) is 19.4 Å². The maximum Gasteiger partial charge on any atom is 0.209 e. The molecule has 0 radical (unpaired) electrons. The lowest BCUT2D eigenvalue weighted by atomic mass is 9.85. The summed E-state index contributed by atoms with van der Waals surface area (Å²) < 4.78 is 33.7. The van der Waals surface area contributed by atoms with Gasteiger partial charge in [-0.25, -0.2) is 13.1 Å². The highest BCUT2D eigenvalue weighted by Crippen LogP contribution is 2.29. The number of nitrogens with zero attached hydrogens (tertiary/aromatic N) is 3. The number of nitrogens with one attached hydrogen (secondary N) is 1. The van der Waals surface area contributed by atoms with Crippen LogP contribution < -0.4 is 4.72 Å². The van der Waals surface area contributed by atoms with Crippen LogP contribution in [0.5, 0.6) is 0 Å². The summed E-state index contributed by atoms with van der Waals surface area (Å²) in [5, 5.41) is 4.20. The lowest BCUT2D eigenvalue weighted by Crippen LogP contribution is -2.60. The van der Waals surface area contributed by atoms with Gasteiger partial charge in [-0.05, 0) is 18.8 Å². The van der Waals surface area contributed by atoms with Crippen molar-refractivity contribution in [3.8, 4) is 0 Å². The summed E-state index contributed by atoms with van der Waals surface area (Å²) in [7, 11) is -1.34. The van der Waals surface area contributed by atoms with Crippen LogP contribution in [-0.4, -0.2) is 61.2 Å². The van der Waals surface area contributed by atoms with Crippen molar-refractivity contribution >= 4 is 10.0 Å². The fourth-order valence-corrected chi connectivity index (χ4v) is 4.37. The topological polar surface area (TPSA) is 76.5 Å². The molecule has 124 valence electrons. The normalized spacial score (nSPS) is 30.2. The minimum Gasteiger partial charge on any atom is -0.376 e. The molecule has 2 fully saturated rings. The Bertz CT molecular complexity index is 615. The van der Waals surface area contributed by atoms with E-state index < -0.39 is 10.0 Å². The van der Waals surface area contributed by atoms with Crippen molar-refractivity contribution in [2.45, 2.75) is 31.5 Å². The first-order valence-corrected chi connectivity index (χ1v) is 9.58. The molecule has 1 aromatic rings. The number of rotatable bonds is 4. The van der Waals surface area contributed by atoms with Gasteiger partial charge in [-0.15, -0.1) is 0 Å². The predicted octanol–water partition coefficient (Wildman–Crippen LogP) is -0.0513. The zero-order valence-corrected chi connectivity index (χ0v) is 13.9. The van der Waals surface area contributed by atoms with Gasteiger partial charge in [0.05, 0.1) is 24.6 Å². The van der Waals surface area contributed by atoms with Crippen LogP contribution in [0.4, 0.5) is 0 Å². The van der Waals surface area contributed by atoms with Crippen molar-refractivity contribution in [2.75, 3.05) is 26.0 Å². The van der Waals surface area contributed by atoms with E-state index in [1.165, 1.54) is 6.26 Å². The Morgan fingerprint density at radius 1 is 1.45 bits per heavy atom. The summed E-state index contributed by atoms with van der Waals surface area (Å²) in [6, 6.07) is -0.175. The van der Waals surface area contributed by atoms with Gasteiger partial charge in [-0.2, -0.15) is 5.10 Å². The molecule has 3 atom stereocenters. The number of hydrogen-bond acceptors (Lipinski definition) is 5. The molecule has 0 bridgehead atoms. The molecule has 0 saturated carbocycles. The molecule has 3 rings (SSSR count). The largest absolute Gasteiger partial charge is 0.376 e. The molecule has 0 aliphatic carbocycles. The fraction of sp³-hybridized carbons (Fsp3) is 0.786. The Morgan fingerprint density at radius 2 is 2.27 bits per heavy atom. The molecule has 7 nitrogen and oxygen atoms in total. The summed E-state index contributed by atoms with van der Waals surface area (Å²) in [6.07, 6.45) is 7.22. The van der Waals surface area contributed by atoms with E-state index in [-0.39, 0.29) is 12.1 Å². The molecule has 1 aromatic heterocycles. The number of hydrogen-bond donors (Lipinski definition) is 1. The maximum absolute atomic E-state index is 11.6. The Labute approximate surface area is 131 Å². The number of ether oxygens (including phenoxy) is 1. The molecule has 0 unspecified atom stereocenters. The molecule has 2 aliphatic rings. The summed E-state index contributed by atoms with van der Waals surface area (Å²) >= 11 is 0. The molecule has 3 heterocycles. The lowest BCUT2D eigenvalue weighted by Gasteiger charge is -2.45. The zero-order valence-electron chi connectivity index (χ0n) is 13.1. The Hall–Kier alpha value is -0.960. The van der Waals surface area contributed by atoms with Gasteiger partial charge in [-0.3, -0.25) is 9.58 Å². The summed E-state index contributed by atoms with van der Waals surface area (Å²) in [6.45, 7) is 3.13. The summed E-state index contributed by atoms with van der Waals surface area (Å²) in [5.74, 6) is 0.387. The molecule has 0 amide bonds. The number of likely N-dealkylation sites (tertiary alicyclic amines) is 1. The van der Waals surface area contributed by atoms with Gasteiger partial charge in [-0.1, -0.05) is 0 Å². The second kappa shape index (κ2) is 6.27. The Morgan fingerprint density at radius 3 is 2.95 bits per heavy atom. The van der Waals surface area contributed by atoms with Crippen molar-refractivity contribution in [3.05, 3.63) is 18.0 Å². The Kier molecular flexibility index (Phi) is 4.54. The highest BCUT2D eigenvalue weighted by molar-refractivity contribution is 7.88. The highest BCUT2D eigenvalue weighted by atomic mass is 32.2. The minimum absolute atomic E-state index is 0.00590. The smallest absolute Gasteiger partial charge is 0.209 e. The number of fused-ring (bicyclic) bond motifs is 1. The van der Waals surface area contributed by atoms with E-state index in [2.05, 4.69) is 14.7 Å². The van der Waals surface area contributed by atoms with Gasteiger partial charge in [0.15, 0.2) is 0 Å². The van der Waals surface area contributed by atoms with Gasteiger partial charge in [0.25, 0.3) is 0 Å². The highest BCUT2D eigenvalue weighted by Gasteiger charge is 2.40. The summed E-state index contributed by atoms with van der Waals surface area (Å²) in [5.41, 5.74) is 1.15. The number of sulfonamides is 1. The minimum atomic E-state index is -3.24. The van der Waals surface area contributed by atoms with Crippen LogP contribution in [0.3, 0.4) is 0 Å². The monoisotopic (exact) mass is 328 g/mol. The average molecular weight is 328 g/mol. The van der Waals surface area contributed by atoms with Crippen molar-refractivity contribution in [2.24, 2.45) is 13.0 Å². The molecule has 2 saturated heterocycles. The third kappa shape index (κ3) is 3.87. The van der Waals surface area contributed by atoms with E-state index in [1.807, 2.05) is 19.4 Å². The quantitative estimate of drug-likeness (QED) is 0.838. The molecule has 0 aromatic carbocycles. The van der Waals surface area contributed by atoms with Crippen LogP contribution in [0.1, 0.15) is 18.4 Å². The first-order valence-electron chi connectivity index (χ1n) is 7.69. The van der Waals surface area contributed by atoms with Crippen molar-refractivity contribution in [1.29, 1.82) is 0 Å². The Balaban J connectivity index is 1.72. The molecule has 2 aliphatic heterocycles. The van der Waals surface area contributed by atoms with Crippen LogP contribution in [0.2, 0.25) is 0 Å². The molecular weight excluding hydrogens is 304 g/mol. The first-order chi connectivity index (χ1) is 10.4. The predicted molar refractivity (Wildman–Crippen MR) is 82.7 cm³/mol. The van der Waals surface area contributed by atoms with Gasteiger partial charge in [0, 0.05) is 45.0 Å². The maximum atomic E-state index is 11.6. The van der Waals surface area contributed by atoms with Gasteiger partial charge < -0.3 is 4.74 Å². The van der Waals surface area contributed by atoms with Gasteiger partial charge >= 0.3 is 0 Å². The van der Waals surface area contributed by atoms with Crippen LogP contribution >= 0.6 is 0 Å². The van der Waals surface area contributed by atoms with Crippen molar-refractivity contribution in [3.63, 3.8) is 0 Å². The van der Waals surface area contributed by atoms with Gasteiger partial charge in [0.2, 0.25) is 10.0 Å². The number of piperidine rings is 1. The zero-order chi connectivity index (χ0) is 15.7. The molecule has 22 heavy (non-hydrogen) atoms. The van der Waals surface area contributed by atoms with E-state index in [1.54, 1.807) is 4.68 Å². The standard InChI is InChI=1S/C14H24N4O3S/c1-17-7-11(6-15-17)8-18-9-12-4-3-5-21-14(12)13(10-18)16-22(2,19)20/h6-7,12-14,16H,3-5,8-10H2,1-2H3/t12-,13-,14-/m1/s1. The lowest BCUT2D eigenvalue weighted by molar-refractivity contribution is -0.0823. The third-order valence-electron chi connectivity index (χ3n) is 4.37. The van der Waals surface area contributed by atoms with E-state index in [0.717, 1.165) is 38.1 Å². The molecule has 8 heteroatoms. The fourth-order valence-electron chi connectivity index (χ4n) is 3.61. The molecular formula is C14H24N4O3S. The first kappa shape index (κ1) is 15.9. The van der Waals surface area contributed by atoms with Crippen LogP contribution in [-0.2, 0) is 28.4 Å². The van der Waals surface area contributed by atoms with Crippen LogP contribution in [0.25, 0.3) is 0 Å². The van der Waals surface area contributed by atoms with Crippen molar-refractivity contribution < 1.29 is 13.2 Å². The number of aryl methyl sites for hydroxylation is 1. The van der Waals surface area contributed by atoms with Crippen LogP contribution in [0.15, 0.2) is 12.4 Å². The second-order valence-corrected chi connectivity index (χ2v) is 8.23. The van der Waals surface area contributed by atoms with E-state index in [9.17, 15) is 8.42 Å². The van der Waals surface area contributed by atoms with E-state index in [0.29, 0.717) is 12.5 Å². The average Bonchev–Trinajstić information content (AvgIpc) is 2.82. The molecule has 1 N–H and O–H groups in total. The third-order valence-corrected chi connectivity index (χ3v) is 5.10. The second-order valence-electron chi connectivity index (χ2n) is 6.45. The number of aromatic nitrogens is 2. The van der Waals surface area contributed by atoms with E-state index >= 15 is 0 Å². The summed E-state index contributed by atoms with van der Waals surface area (Å²) in [4.78, 5) is 2.30. The van der Waals surface area contributed by atoms with Gasteiger partial charge in [0.1, 0.15) is 0 Å². The van der Waals surface area contributed by atoms with Crippen LogP contribution in [0, 0.1) is 5.92 Å². The van der Waals surface area contributed by atoms with E-state index in [4.69, 9.17) is 4.74 Å². The molecule has 0 spiro atoms. The SMILES string of the molecule is Cn1cc(CN2C[C@H]3CCCO[C@H]3[C@H](NS(C)(=O)=O)C2)cn1.